The van der Waals surface area contributed by atoms with Gasteiger partial charge in [0.15, 0.2) is 0 Å². The van der Waals surface area contributed by atoms with Gasteiger partial charge in [-0.25, -0.2) is 0 Å². The Morgan fingerprint density at radius 2 is 2.18 bits per heavy atom. The monoisotopic (exact) mass is 150 g/mol. The summed E-state index contributed by atoms with van der Waals surface area (Å²) in [6.45, 7) is 0. The van der Waals surface area contributed by atoms with E-state index in [1.807, 2.05) is 0 Å². The summed E-state index contributed by atoms with van der Waals surface area (Å²) in [4.78, 5) is 0. The van der Waals surface area contributed by atoms with E-state index in [0.717, 1.165) is 19.3 Å². The summed E-state index contributed by atoms with van der Waals surface area (Å²) in [6.07, 6.45) is 10.8. The Morgan fingerprint density at radius 1 is 1.36 bits per heavy atom. The number of hydrogen-bond donors (Lipinski definition) is 1. The van der Waals surface area contributed by atoms with Gasteiger partial charge in [-0.3, -0.25) is 0 Å². The van der Waals surface area contributed by atoms with Crippen molar-refractivity contribution in [3.63, 3.8) is 0 Å². The van der Waals surface area contributed by atoms with E-state index in [1.165, 1.54) is 12.8 Å². The molecule has 2 fully saturated rings. The minimum absolute atomic E-state index is 0.148. The molecule has 0 heterocycles. The summed E-state index contributed by atoms with van der Waals surface area (Å²) in [5, 5.41) is 10.1. The van der Waals surface area contributed by atoms with Gasteiger partial charge >= 0.3 is 0 Å². The fourth-order valence-corrected chi connectivity index (χ4v) is 2.78. The number of fused-ring (bicyclic) bond motifs is 1. The average molecular weight is 150 g/mol. The lowest BCUT2D eigenvalue weighted by Gasteiger charge is -2.26. The van der Waals surface area contributed by atoms with E-state index >= 15 is 0 Å². The van der Waals surface area contributed by atoms with E-state index in [9.17, 15) is 5.11 Å². The normalized spacial score (nSPS) is 48.7. The first-order valence-corrected chi connectivity index (χ1v) is 4.46. The predicted molar refractivity (Wildman–Crippen MR) is 43.8 cm³/mol. The predicted octanol–water partition coefficient (Wildman–Crippen LogP) is 1.56. The molecule has 0 amide bonds. The number of hydrogen-bond acceptors (Lipinski definition) is 1. The van der Waals surface area contributed by atoms with Gasteiger partial charge in [-0.15, -0.1) is 12.3 Å². The maximum Gasteiger partial charge on any atom is 0.0812 e. The van der Waals surface area contributed by atoms with Gasteiger partial charge in [-0.2, -0.15) is 0 Å². The third kappa shape index (κ3) is 0.827. The molecule has 0 radical (unpaired) electrons. The first-order valence-electron chi connectivity index (χ1n) is 4.46. The maximum absolute atomic E-state index is 10.1. The molecule has 60 valence electrons. The van der Waals surface area contributed by atoms with Crippen LogP contribution in [0.2, 0.25) is 0 Å². The summed E-state index contributed by atoms with van der Waals surface area (Å²) >= 11 is 0. The largest absolute Gasteiger partial charge is 0.388 e. The molecule has 0 aromatic heterocycles. The highest BCUT2D eigenvalue weighted by Gasteiger charge is 2.50. The van der Waals surface area contributed by atoms with Crippen LogP contribution >= 0.6 is 0 Å². The van der Waals surface area contributed by atoms with Crippen molar-refractivity contribution in [2.24, 2.45) is 11.8 Å². The second-order valence-corrected chi connectivity index (χ2v) is 3.88. The van der Waals surface area contributed by atoms with E-state index in [1.54, 1.807) is 0 Å². The molecule has 0 bridgehead atoms. The minimum atomic E-state index is -0.464. The third-order valence-electron chi connectivity index (χ3n) is 3.45. The van der Waals surface area contributed by atoms with Crippen LogP contribution in [0.1, 0.15) is 32.1 Å². The summed E-state index contributed by atoms with van der Waals surface area (Å²) in [5.41, 5.74) is -0.464. The van der Waals surface area contributed by atoms with Crippen molar-refractivity contribution in [2.75, 3.05) is 0 Å². The van der Waals surface area contributed by atoms with Crippen LogP contribution in [0.3, 0.4) is 0 Å². The van der Waals surface area contributed by atoms with E-state index in [2.05, 4.69) is 5.92 Å². The standard InChI is InChI=1S/C10H14O/c1-2-8-5-6-9-4-3-7-10(8,9)11/h1,8-9,11H,3-7H2/t8-,9-,10-/m0/s1. The van der Waals surface area contributed by atoms with Crippen LogP contribution in [-0.2, 0) is 0 Å². The lowest BCUT2D eigenvalue weighted by molar-refractivity contribution is 0.000156. The topological polar surface area (TPSA) is 20.2 Å². The summed E-state index contributed by atoms with van der Waals surface area (Å²) in [5.74, 6) is 3.39. The first-order chi connectivity index (χ1) is 5.27. The van der Waals surface area contributed by atoms with Crippen LogP contribution in [-0.4, -0.2) is 10.7 Å². The fraction of sp³-hybridized carbons (Fsp3) is 0.800. The van der Waals surface area contributed by atoms with Crippen LogP contribution in [0, 0.1) is 24.2 Å². The number of rotatable bonds is 0. The third-order valence-corrected chi connectivity index (χ3v) is 3.45. The molecule has 2 rings (SSSR count). The van der Waals surface area contributed by atoms with Crippen LogP contribution < -0.4 is 0 Å². The van der Waals surface area contributed by atoms with Crippen molar-refractivity contribution in [3.8, 4) is 12.3 Å². The fourth-order valence-electron chi connectivity index (χ4n) is 2.78. The molecular weight excluding hydrogens is 136 g/mol. The van der Waals surface area contributed by atoms with Gasteiger partial charge in [0.2, 0.25) is 0 Å². The van der Waals surface area contributed by atoms with Crippen LogP contribution in [0.4, 0.5) is 0 Å². The molecule has 0 aliphatic heterocycles. The van der Waals surface area contributed by atoms with E-state index in [4.69, 9.17) is 6.42 Å². The zero-order valence-corrected chi connectivity index (χ0v) is 6.71. The summed E-state index contributed by atoms with van der Waals surface area (Å²) in [7, 11) is 0. The van der Waals surface area contributed by atoms with Crippen LogP contribution in [0.5, 0.6) is 0 Å². The van der Waals surface area contributed by atoms with Gasteiger partial charge in [-0.05, 0) is 31.6 Å². The minimum Gasteiger partial charge on any atom is -0.388 e. The zero-order chi connectivity index (χ0) is 7.90. The number of terminal acetylenes is 1. The highest BCUT2D eigenvalue weighted by atomic mass is 16.3. The van der Waals surface area contributed by atoms with Gasteiger partial charge in [0, 0.05) is 5.92 Å². The molecule has 1 heteroatoms. The Hall–Kier alpha value is -0.480. The van der Waals surface area contributed by atoms with Gasteiger partial charge in [0.25, 0.3) is 0 Å². The molecule has 0 unspecified atom stereocenters. The molecule has 1 nitrogen and oxygen atoms in total. The SMILES string of the molecule is C#C[C@H]1CC[C@@H]2CCC[C@@]21O. The highest BCUT2D eigenvalue weighted by molar-refractivity contribution is 5.12. The summed E-state index contributed by atoms with van der Waals surface area (Å²) < 4.78 is 0. The van der Waals surface area contributed by atoms with Crippen LogP contribution in [0.15, 0.2) is 0 Å². The van der Waals surface area contributed by atoms with Crippen molar-refractivity contribution >= 4 is 0 Å². The Kier molecular flexibility index (Phi) is 1.47. The molecule has 2 saturated carbocycles. The van der Waals surface area contributed by atoms with E-state index in [-0.39, 0.29) is 5.92 Å². The van der Waals surface area contributed by atoms with Crippen molar-refractivity contribution in [3.05, 3.63) is 0 Å². The Labute approximate surface area is 67.8 Å². The van der Waals surface area contributed by atoms with Crippen LogP contribution in [0.25, 0.3) is 0 Å². The van der Waals surface area contributed by atoms with Crippen molar-refractivity contribution in [1.82, 2.24) is 0 Å². The Balaban J connectivity index is 2.25. The van der Waals surface area contributed by atoms with Gasteiger partial charge in [0.1, 0.15) is 0 Å². The molecule has 2 aliphatic rings. The van der Waals surface area contributed by atoms with Crippen molar-refractivity contribution in [1.29, 1.82) is 0 Å². The molecule has 0 aromatic carbocycles. The van der Waals surface area contributed by atoms with E-state index in [0.29, 0.717) is 5.92 Å². The zero-order valence-electron chi connectivity index (χ0n) is 6.71. The molecule has 11 heavy (non-hydrogen) atoms. The molecule has 3 atom stereocenters. The second kappa shape index (κ2) is 2.25. The van der Waals surface area contributed by atoms with Crippen molar-refractivity contribution in [2.45, 2.75) is 37.7 Å². The first kappa shape index (κ1) is 7.18. The van der Waals surface area contributed by atoms with E-state index < -0.39 is 5.60 Å². The Morgan fingerprint density at radius 3 is 2.91 bits per heavy atom. The molecular formula is C10H14O. The molecule has 1 N–H and O–H groups in total. The lowest BCUT2D eigenvalue weighted by atomic mass is 9.87. The molecule has 0 saturated heterocycles. The maximum atomic E-state index is 10.1. The lowest BCUT2D eigenvalue weighted by Crippen LogP contribution is -2.34. The average Bonchev–Trinajstić information content (AvgIpc) is 2.44. The van der Waals surface area contributed by atoms with Crippen molar-refractivity contribution < 1.29 is 5.11 Å². The smallest absolute Gasteiger partial charge is 0.0812 e. The summed E-state index contributed by atoms with van der Waals surface area (Å²) in [6, 6.07) is 0. The second-order valence-electron chi connectivity index (χ2n) is 3.88. The van der Waals surface area contributed by atoms with Gasteiger partial charge < -0.3 is 5.11 Å². The quantitative estimate of drug-likeness (QED) is 0.519. The van der Waals surface area contributed by atoms with Gasteiger partial charge in [0.05, 0.1) is 5.60 Å². The highest BCUT2D eigenvalue weighted by Crippen LogP contribution is 2.50. The number of aliphatic hydroxyl groups is 1. The Bertz CT molecular complexity index is 203. The van der Waals surface area contributed by atoms with Gasteiger partial charge in [-0.1, -0.05) is 6.42 Å². The molecule has 0 aromatic rings. The molecule has 0 spiro atoms. The molecule has 2 aliphatic carbocycles.